The standard InChI is InChI=1S/C21H16N4O6/c26-19(23-24-21(28)15-6-10-17(11-7-15)25(29)30)13-31-20(27)12-9-16-8-5-14-3-1-2-4-18(14)22-16/h1-12H,13H2,(H,23,26)(H,24,28)/b12-9+. The van der Waals surface area contributed by atoms with Gasteiger partial charge in [-0.2, -0.15) is 0 Å². The highest BCUT2D eigenvalue weighted by Gasteiger charge is 2.11. The summed E-state index contributed by atoms with van der Waals surface area (Å²) in [6.07, 6.45) is 2.60. The minimum Gasteiger partial charge on any atom is -0.452 e. The first-order valence-electron chi connectivity index (χ1n) is 8.96. The average molecular weight is 420 g/mol. The second kappa shape index (κ2) is 9.74. The molecule has 1 aromatic heterocycles. The van der Waals surface area contributed by atoms with E-state index in [9.17, 15) is 24.5 Å². The Morgan fingerprint density at radius 1 is 1.00 bits per heavy atom. The Labute approximate surface area is 175 Å². The number of para-hydroxylation sites is 1. The van der Waals surface area contributed by atoms with Crippen molar-refractivity contribution >= 4 is 40.4 Å². The Kier molecular flexibility index (Phi) is 6.64. The van der Waals surface area contributed by atoms with E-state index in [1.54, 1.807) is 6.07 Å². The van der Waals surface area contributed by atoms with Gasteiger partial charge in [0.1, 0.15) is 0 Å². The summed E-state index contributed by atoms with van der Waals surface area (Å²) >= 11 is 0. The molecule has 156 valence electrons. The van der Waals surface area contributed by atoms with Crippen LogP contribution in [-0.2, 0) is 14.3 Å². The number of esters is 1. The van der Waals surface area contributed by atoms with Crippen molar-refractivity contribution in [2.75, 3.05) is 6.61 Å². The predicted molar refractivity (Wildman–Crippen MR) is 110 cm³/mol. The van der Waals surface area contributed by atoms with E-state index in [2.05, 4.69) is 15.8 Å². The average Bonchev–Trinajstić information content (AvgIpc) is 2.79. The molecule has 0 radical (unpaired) electrons. The van der Waals surface area contributed by atoms with Gasteiger partial charge in [0, 0.05) is 29.2 Å². The number of carbonyl (C=O) groups is 3. The van der Waals surface area contributed by atoms with E-state index in [1.807, 2.05) is 30.3 Å². The van der Waals surface area contributed by atoms with Crippen LogP contribution in [0.4, 0.5) is 5.69 Å². The van der Waals surface area contributed by atoms with E-state index < -0.39 is 29.3 Å². The third kappa shape index (κ3) is 5.94. The first-order chi connectivity index (χ1) is 14.9. The van der Waals surface area contributed by atoms with Gasteiger partial charge < -0.3 is 4.74 Å². The third-order valence-corrected chi connectivity index (χ3v) is 4.01. The number of hydrogen-bond donors (Lipinski definition) is 2. The number of carbonyl (C=O) groups excluding carboxylic acids is 3. The summed E-state index contributed by atoms with van der Waals surface area (Å²) in [5.41, 5.74) is 5.47. The van der Waals surface area contributed by atoms with Crippen molar-refractivity contribution in [3.63, 3.8) is 0 Å². The van der Waals surface area contributed by atoms with Crippen molar-refractivity contribution in [1.29, 1.82) is 0 Å². The van der Waals surface area contributed by atoms with Gasteiger partial charge in [0.25, 0.3) is 17.5 Å². The number of pyridine rings is 1. The second-order valence-electron chi connectivity index (χ2n) is 6.18. The summed E-state index contributed by atoms with van der Waals surface area (Å²) in [5, 5.41) is 11.6. The maximum atomic E-state index is 11.9. The normalized spacial score (nSPS) is 10.6. The number of nitrogens with zero attached hydrogens (tertiary/aromatic N) is 2. The molecule has 0 aliphatic heterocycles. The SMILES string of the molecule is O=C(COC(=O)/C=C/c1ccc2ccccc2n1)NNC(=O)c1ccc([N+](=O)[O-])cc1. The molecule has 31 heavy (non-hydrogen) atoms. The zero-order valence-corrected chi connectivity index (χ0v) is 16.0. The number of amides is 2. The maximum absolute atomic E-state index is 11.9. The summed E-state index contributed by atoms with van der Waals surface area (Å²) < 4.78 is 4.80. The van der Waals surface area contributed by atoms with Crippen LogP contribution >= 0.6 is 0 Å². The molecule has 0 saturated heterocycles. The van der Waals surface area contributed by atoms with Crippen LogP contribution in [0.1, 0.15) is 16.1 Å². The molecule has 0 saturated carbocycles. The van der Waals surface area contributed by atoms with Crippen LogP contribution in [0.2, 0.25) is 0 Å². The third-order valence-electron chi connectivity index (χ3n) is 4.01. The van der Waals surface area contributed by atoms with Crippen LogP contribution < -0.4 is 10.9 Å². The molecule has 0 fully saturated rings. The van der Waals surface area contributed by atoms with E-state index in [-0.39, 0.29) is 11.3 Å². The molecule has 10 heteroatoms. The summed E-state index contributed by atoms with van der Waals surface area (Å²) in [7, 11) is 0. The first-order valence-corrected chi connectivity index (χ1v) is 8.96. The Morgan fingerprint density at radius 2 is 1.74 bits per heavy atom. The molecule has 2 aromatic carbocycles. The molecule has 0 unspecified atom stereocenters. The zero-order valence-electron chi connectivity index (χ0n) is 16.0. The fraction of sp³-hybridized carbons (Fsp3) is 0.0476. The second-order valence-corrected chi connectivity index (χ2v) is 6.18. The lowest BCUT2D eigenvalue weighted by Gasteiger charge is -2.07. The topological polar surface area (TPSA) is 141 Å². The highest BCUT2D eigenvalue weighted by Crippen LogP contribution is 2.13. The van der Waals surface area contributed by atoms with Gasteiger partial charge in [-0.05, 0) is 30.3 Å². The minimum absolute atomic E-state index is 0.105. The number of ether oxygens (including phenoxy) is 1. The number of hydrazine groups is 1. The number of fused-ring (bicyclic) bond motifs is 1. The molecule has 1 heterocycles. The van der Waals surface area contributed by atoms with Gasteiger partial charge in [-0.3, -0.25) is 30.6 Å². The van der Waals surface area contributed by atoms with E-state index in [0.29, 0.717) is 5.69 Å². The van der Waals surface area contributed by atoms with Crippen LogP contribution in [0, 0.1) is 10.1 Å². The smallest absolute Gasteiger partial charge is 0.331 e. The molecule has 0 bridgehead atoms. The van der Waals surface area contributed by atoms with Gasteiger partial charge >= 0.3 is 5.97 Å². The van der Waals surface area contributed by atoms with Gasteiger partial charge in [-0.1, -0.05) is 24.3 Å². The summed E-state index contributed by atoms with van der Waals surface area (Å²) in [6.45, 7) is -0.616. The van der Waals surface area contributed by atoms with Crippen molar-refractivity contribution < 1.29 is 24.0 Å². The largest absolute Gasteiger partial charge is 0.452 e. The number of benzene rings is 2. The monoisotopic (exact) mass is 420 g/mol. The Balaban J connectivity index is 1.44. The summed E-state index contributed by atoms with van der Waals surface area (Å²) in [5.74, 6) is -2.20. The van der Waals surface area contributed by atoms with Crippen LogP contribution in [0.15, 0.2) is 66.7 Å². The Bertz CT molecular complexity index is 1170. The van der Waals surface area contributed by atoms with E-state index in [4.69, 9.17) is 4.74 Å². The Morgan fingerprint density at radius 3 is 2.48 bits per heavy atom. The van der Waals surface area contributed by atoms with Crippen molar-refractivity contribution in [2.24, 2.45) is 0 Å². The molecule has 0 atom stereocenters. The summed E-state index contributed by atoms with van der Waals surface area (Å²) in [6, 6.07) is 15.9. The van der Waals surface area contributed by atoms with Crippen LogP contribution in [0.5, 0.6) is 0 Å². The highest BCUT2D eigenvalue weighted by atomic mass is 16.6. The molecule has 0 aliphatic carbocycles. The van der Waals surface area contributed by atoms with Gasteiger partial charge in [0.05, 0.1) is 16.1 Å². The van der Waals surface area contributed by atoms with Crippen molar-refractivity contribution in [1.82, 2.24) is 15.8 Å². The van der Waals surface area contributed by atoms with Gasteiger partial charge in [-0.25, -0.2) is 9.78 Å². The number of nitrogens with one attached hydrogen (secondary N) is 2. The van der Waals surface area contributed by atoms with Crippen LogP contribution in [0.25, 0.3) is 17.0 Å². The molecule has 3 aromatic rings. The number of nitro benzene ring substituents is 1. The molecular weight excluding hydrogens is 404 g/mol. The number of hydrogen-bond acceptors (Lipinski definition) is 7. The molecule has 0 aliphatic rings. The number of non-ortho nitro benzene ring substituents is 1. The van der Waals surface area contributed by atoms with Crippen molar-refractivity contribution in [3.8, 4) is 0 Å². The fourth-order valence-corrected chi connectivity index (χ4v) is 2.48. The van der Waals surface area contributed by atoms with E-state index in [1.165, 1.54) is 18.2 Å². The summed E-state index contributed by atoms with van der Waals surface area (Å²) in [4.78, 5) is 49.8. The van der Waals surface area contributed by atoms with Crippen LogP contribution in [0.3, 0.4) is 0 Å². The van der Waals surface area contributed by atoms with Crippen molar-refractivity contribution in [2.45, 2.75) is 0 Å². The fourth-order valence-electron chi connectivity index (χ4n) is 2.48. The lowest BCUT2D eigenvalue weighted by atomic mass is 10.2. The minimum atomic E-state index is -0.763. The zero-order chi connectivity index (χ0) is 22.2. The number of nitro groups is 1. The lowest BCUT2D eigenvalue weighted by molar-refractivity contribution is -0.384. The molecule has 10 nitrogen and oxygen atoms in total. The molecular formula is C21H16N4O6. The molecule has 3 rings (SSSR count). The molecule has 2 amide bonds. The maximum Gasteiger partial charge on any atom is 0.331 e. The quantitative estimate of drug-likeness (QED) is 0.269. The number of aromatic nitrogens is 1. The number of rotatable bonds is 6. The van der Waals surface area contributed by atoms with Gasteiger partial charge in [0.2, 0.25) is 0 Å². The van der Waals surface area contributed by atoms with Crippen molar-refractivity contribution in [3.05, 3.63) is 88.1 Å². The predicted octanol–water partition coefficient (Wildman–Crippen LogP) is 2.16. The van der Waals surface area contributed by atoms with E-state index >= 15 is 0 Å². The Hall–Kier alpha value is -4.60. The van der Waals surface area contributed by atoms with Gasteiger partial charge in [-0.15, -0.1) is 0 Å². The van der Waals surface area contributed by atoms with Gasteiger partial charge in [0.15, 0.2) is 6.61 Å². The lowest BCUT2D eigenvalue weighted by Crippen LogP contribution is -2.43. The van der Waals surface area contributed by atoms with Crippen LogP contribution in [-0.4, -0.2) is 34.3 Å². The van der Waals surface area contributed by atoms with E-state index in [0.717, 1.165) is 29.1 Å². The molecule has 0 spiro atoms. The molecule has 2 N–H and O–H groups in total. The highest BCUT2D eigenvalue weighted by molar-refractivity contribution is 5.96. The first kappa shape index (κ1) is 21.1.